The number of hydrogen-bond donors (Lipinski definition) is 2. The summed E-state index contributed by atoms with van der Waals surface area (Å²) in [7, 11) is 1.35. The summed E-state index contributed by atoms with van der Waals surface area (Å²) in [5, 5.41) is 13.5. The van der Waals surface area contributed by atoms with Gasteiger partial charge in [0.15, 0.2) is 0 Å². The van der Waals surface area contributed by atoms with Gasteiger partial charge in [-0.3, -0.25) is 4.79 Å². The minimum Gasteiger partial charge on any atom is -0.481 e. The van der Waals surface area contributed by atoms with Gasteiger partial charge >= 0.3 is 11.9 Å². The first kappa shape index (κ1) is 22.2. The fourth-order valence-corrected chi connectivity index (χ4v) is 4.42. The van der Waals surface area contributed by atoms with Gasteiger partial charge in [-0.1, -0.05) is 49.7 Å². The highest BCUT2D eigenvalue weighted by atomic mass is 35.5. The van der Waals surface area contributed by atoms with Gasteiger partial charge in [0.25, 0.3) is 0 Å². The number of methoxy groups -OCH3 is 1. The minimum atomic E-state index is -0.852. The van der Waals surface area contributed by atoms with Gasteiger partial charge in [0.2, 0.25) is 0 Å². The fourth-order valence-electron chi connectivity index (χ4n) is 4.18. The lowest BCUT2D eigenvalue weighted by molar-refractivity contribution is -0.146. The van der Waals surface area contributed by atoms with Crippen LogP contribution in [0.1, 0.15) is 60.8 Å². The fraction of sp³-hybridized carbons (Fsp3) is 0.417. The number of nitrogens with one attached hydrogen (secondary N) is 1. The molecule has 160 valence electrons. The van der Waals surface area contributed by atoms with E-state index in [4.69, 9.17) is 16.3 Å². The van der Waals surface area contributed by atoms with Crippen LogP contribution in [0.2, 0.25) is 5.02 Å². The number of carbonyl (C=O) groups excluding carboxylic acids is 1. The summed E-state index contributed by atoms with van der Waals surface area (Å²) in [6.07, 6.45) is 1.17. The van der Waals surface area contributed by atoms with Crippen LogP contribution in [-0.2, 0) is 22.4 Å². The van der Waals surface area contributed by atoms with Gasteiger partial charge in [-0.25, -0.2) is 4.79 Å². The number of aliphatic carboxylic acids is 1. The highest BCUT2D eigenvalue weighted by Crippen LogP contribution is 2.47. The standard InChI is InChI=1S/C24H28ClNO4/c1-23(2)13-16-10-17(25)11-18(21(27)30-5)19(16)26-20(23)15-8-6-7-14(9-15)12-24(3,4)22(28)29/h6-11,20,26H,12-13H2,1-5H3,(H,28,29). The molecule has 1 aliphatic rings. The predicted octanol–water partition coefficient (Wildman–Crippen LogP) is 5.52. The number of carbonyl (C=O) groups is 2. The summed E-state index contributed by atoms with van der Waals surface area (Å²) in [5.74, 6) is -1.26. The lowest BCUT2D eigenvalue weighted by Crippen LogP contribution is -2.36. The van der Waals surface area contributed by atoms with Crippen LogP contribution in [0.15, 0.2) is 36.4 Å². The predicted molar refractivity (Wildman–Crippen MR) is 118 cm³/mol. The van der Waals surface area contributed by atoms with E-state index in [-0.39, 0.29) is 11.5 Å². The van der Waals surface area contributed by atoms with Crippen LogP contribution < -0.4 is 5.32 Å². The summed E-state index contributed by atoms with van der Waals surface area (Å²) in [5.41, 5.74) is 3.15. The van der Waals surface area contributed by atoms with Crippen molar-refractivity contribution >= 4 is 29.2 Å². The first-order valence-corrected chi connectivity index (χ1v) is 10.3. The molecule has 2 aromatic rings. The van der Waals surface area contributed by atoms with Gasteiger partial charge in [-0.15, -0.1) is 0 Å². The Bertz CT molecular complexity index is 997. The molecular formula is C24H28ClNO4. The molecule has 0 radical (unpaired) electrons. The average Bonchev–Trinajstić information content (AvgIpc) is 2.65. The molecule has 30 heavy (non-hydrogen) atoms. The van der Waals surface area contributed by atoms with E-state index in [1.54, 1.807) is 19.9 Å². The number of carboxylic acid groups (broad SMARTS) is 1. The third kappa shape index (κ3) is 4.31. The van der Waals surface area contributed by atoms with E-state index in [1.165, 1.54) is 7.11 Å². The van der Waals surface area contributed by atoms with E-state index >= 15 is 0 Å². The third-order valence-electron chi connectivity index (χ3n) is 5.82. The molecule has 1 atom stereocenters. The molecule has 0 aromatic heterocycles. The van der Waals surface area contributed by atoms with Gasteiger partial charge in [-0.05, 0) is 60.9 Å². The SMILES string of the molecule is COC(=O)c1cc(Cl)cc2c1NC(c1cccc(CC(C)(C)C(=O)O)c1)C(C)(C)C2. The number of ether oxygens (including phenoxy) is 1. The van der Waals surface area contributed by atoms with Crippen LogP contribution >= 0.6 is 11.6 Å². The Morgan fingerprint density at radius 2 is 1.97 bits per heavy atom. The molecule has 0 fully saturated rings. The zero-order valence-electron chi connectivity index (χ0n) is 18.0. The van der Waals surface area contributed by atoms with Crippen molar-refractivity contribution in [1.29, 1.82) is 0 Å². The molecule has 0 bridgehead atoms. The number of fused-ring (bicyclic) bond motifs is 1. The maximum absolute atomic E-state index is 12.3. The van der Waals surface area contributed by atoms with Crippen LogP contribution in [0.4, 0.5) is 5.69 Å². The van der Waals surface area contributed by atoms with Gasteiger partial charge in [0.05, 0.1) is 29.8 Å². The van der Waals surface area contributed by atoms with Crippen molar-refractivity contribution in [2.24, 2.45) is 10.8 Å². The number of hydrogen-bond acceptors (Lipinski definition) is 4. The van der Waals surface area contributed by atoms with E-state index in [2.05, 4.69) is 25.2 Å². The van der Waals surface area contributed by atoms with Crippen molar-refractivity contribution in [1.82, 2.24) is 0 Å². The van der Waals surface area contributed by atoms with Crippen molar-refractivity contribution in [3.05, 3.63) is 63.7 Å². The number of benzene rings is 2. The molecule has 1 aliphatic heterocycles. The second-order valence-corrected chi connectivity index (χ2v) is 9.77. The van der Waals surface area contributed by atoms with E-state index in [1.807, 2.05) is 24.3 Å². The summed E-state index contributed by atoms with van der Waals surface area (Å²) >= 11 is 6.25. The summed E-state index contributed by atoms with van der Waals surface area (Å²) in [6.45, 7) is 7.79. The van der Waals surface area contributed by atoms with Crippen molar-refractivity contribution < 1.29 is 19.4 Å². The van der Waals surface area contributed by atoms with Crippen molar-refractivity contribution in [3.8, 4) is 0 Å². The van der Waals surface area contributed by atoms with E-state index in [9.17, 15) is 14.7 Å². The molecule has 0 aliphatic carbocycles. The molecule has 2 aromatic carbocycles. The summed E-state index contributed by atoms with van der Waals surface area (Å²) in [6, 6.07) is 11.5. The smallest absolute Gasteiger partial charge is 0.340 e. The highest BCUT2D eigenvalue weighted by Gasteiger charge is 2.38. The Kier molecular flexibility index (Phi) is 5.87. The minimum absolute atomic E-state index is 0.0672. The Morgan fingerprint density at radius 1 is 1.27 bits per heavy atom. The molecule has 0 spiro atoms. The zero-order valence-corrected chi connectivity index (χ0v) is 18.8. The molecule has 6 heteroatoms. The second-order valence-electron chi connectivity index (χ2n) is 9.33. The van der Waals surface area contributed by atoms with E-state index < -0.39 is 17.4 Å². The lowest BCUT2D eigenvalue weighted by Gasteiger charge is -2.42. The molecule has 1 heterocycles. The summed E-state index contributed by atoms with van der Waals surface area (Å²) < 4.78 is 4.95. The highest BCUT2D eigenvalue weighted by molar-refractivity contribution is 6.31. The largest absolute Gasteiger partial charge is 0.481 e. The normalized spacial score (nSPS) is 17.6. The van der Waals surface area contributed by atoms with Crippen LogP contribution in [0.3, 0.4) is 0 Å². The Labute approximate surface area is 182 Å². The molecular weight excluding hydrogens is 402 g/mol. The Hall–Kier alpha value is -2.53. The van der Waals surface area contributed by atoms with Crippen molar-refractivity contribution in [3.63, 3.8) is 0 Å². The molecule has 3 rings (SSSR count). The molecule has 0 amide bonds. The van der Waals surface area contributed by atoms with Gasteiger partial charge in [0, 0.05) is 5.02 Å². The average molecular weight is 430 g/mol. The lowest BCUT2D eigenvalue weighted by atomic mass is 9.72. The molecule has 1 unspecified atom stereocenters. The molecule has 2 N–H and O–H groups in total. The third-order valence-corrected chi connectivity index (χ3v) is 6.03. The zero-order chi connectivity index (χ0) is 22.3. The van der Waals surface area contributed by atoms with Gasteiger partial charge in [-0.2, -0.15) is 0 Å². The van der Waals surface area contributed by atoms with E-state index in [0.29, 0.717) is 17.0 Å². The Balaban J connectivity index is 2.02. The topological polar surface area (TPSA) is 75.6 Å². The van der Waals surface area contributed by atoms with Gasteiger partial charge in [0.1, 0.15) is 0 Å². The van der Waals surface area contributed by atoms with Gasteiger partial charge < -0.3 is 15.2 Å². The molecule has 0 saturated carbocycles. The first-order chi connectivity index (χ1) is 13.9. The number of esters is 1. The van der Waals surface area contributed by atoms with Crippen LogP contribution in [0.5, 0.6) is 0 Å². The van der Waals surface area contributed by atoms with E-state index in [0.717, 1.165) is 28.8 Å². The number of halogens is 1. The molecule has 0 saturated heterocycles. The number of carboxylic acids is 1. The number of anilines is 1. The monoisotopic (exact) mass is 429 g/mol. The van der Waals surface area contributed by atoms with Crippen LogP contribution in [0.25, 0.3) is 0 Å². The first-order valence-electron chi connectivity index (χ1n) is 9.94. The van der Waals surface area contributed by atoms with Crippen molar-refractivity contribution in [2.75, 3.05) is 12.4 Å². The maximum Gasteiger partial charge on any atom is 0.340 e. The number of rotatable bonds is 5. The quantitative estimate of drug-likeness (QED) is 0.612. The molecule has 5 nitrogen and oxygen atoms in total. The van der Waals surface area contributed by atoms with Crippen molar-refractivity contribution in [2.45, 2.75) is 46.6 Å². The van der Waals surface area contributed by atoms with Crippen LogP contribution in [0, 0.1) is 10.8 Å². The van der Waals surface area contributed by atoms with Crippen LogP contribution in [-0.4, -0.2) is 24.2 Å². The Morgan fingerprint density at radius 3 is 2.60 bits per heavy atom. The maximum atomic E-state index is 12.3. The summed E-state index contributed by atoms with van der Waals surface area (Å²) in [4.78, 5) is 23.9. The second kappa shape index (κ2) is 7.95.